The molecule has 0 aliphatic carbocycles. The van der Waals surface area contributed by atoms with Gasteiger partial charge in [0.15, 0.2) is 24.8 Å². The fourth-order valence-corrected chi connectivity index (χ4v) is 6.07. The summed E-state index contributed by atoms with van der Waals surface area (Å²) in [7, 11) is -6.73. The monoisotopic (exact) mass is 523 g/mol. The lowest BCUT2D eigenvalue weighted by atomic mass is 10.2. The zero-order chi connectivity index (χ0) is 25.1. The lowest BCUT2D eigenvalue weighted by molar-refractivity contribution is 0.0983. The van der Waals surface area contributed by atoms with Gasteiger partial charge in [-0.25, -0.2) is 21.8 Å². The largest absolute Gasteiger partial charge is 0.302 e. The molecule has 3 rings (SSSR count). The molecular formula is C23H29N3O5S3. The van der Waals surface area contributed by atoms with Gasteiger partial charge in [0.25, 0.3) is 5.91 Å². The molecular weight excluding hydrogens is 494 g/mol. The third kappa shape index (κ3) is 5.83. The predicted octanol–water partition coefficient (Wildman–Crippen LogP) is 3.48. The maximum Gasteiger partial charge on any atom is 0.260 e. The van der Waals surface area contributed by atoms with Crippen molar-refractivity contribution in [2.24, 2.45) is 0 Å². The molecule has 0 aliphatic heterocycles. The van der Waals surface area contributed by atoms with Crippen LogP contribution in [0.1, 0.15) is 31.1 Å². The van der Waals surface area contributed by atoms with Crippen LogP contribution >= 0.6 is 11.3 Å². The second kappa shape index (κ2) is 10.5. The van der Waals surface area contributed by atoms with E-state index in [2.05, 4.69) is 9.88 Å². The zero-order valence-electron chi connectivity index (χ0n) is 19.7. The van der Waals surface area contributed by atoms with Crippen LogP contribution in [-0.2, 0) is 19.7 Å². The number of carbonyl (C=O) groups is 1. The zero-order valence-corrected chi connectivity index (χ0v) is 22.1. The molecule has 0 bridgehead atoms. The van der Waals surface area contributed by atoms with Crippen molar-refractivity contribution in [3.63, 3.8) is 0 Å². The number of rotatable bonds is 10. The number of thiazole rings is 1. The molecule has 0 N–H and O–H groups in total. The first kappa shape index (κ1) is 26.3. The average molecular weight is 524 g/mol. The van der Waals surface area contributed by atoms with E-state index in [0.717, 1.165) is 19.3 Å². The van der Waals surface area contributed by atoms with Crippen LogP contribution < -0.4 is 4.90 Å². The van der Waals surface area contributed by atoms with E-state index < -0.39 is 19.7 Å². The molecule has 184 valence electrons. The van der Waals surface area contributed by atoms with E-state index >= 15 is 0 Å². The summed E-state index contributed by atoms with van der Waals surface area (Å²) in [5, 5.41) is 0.461. The highest BCUT2D eigenvalue weighted by Crippen LogP contribution is 2.31. The number of fused-ring (bicyclic) bond motifs is 1. The first-order valence-electron chi connectivity index (χ1n) is 11.0. The van der Waals surface area contributed by atoms with Gasteiger partial charge in [-0.2, -0.15) is 0 Å². The number of aromatic nitrogens is 1. The lowest BCUT2D eigenvalue weighted by Crippen LogP contribution is -2.38. The molecule has 2 aromatic carbocycles. The Bertz CT molecular complexity index is 1380. The minimum absolute atomic E-state index is 0.0164. The molecule has 3 aromatic rings. The van der Waals surface area contributed by atoms with Gasteiger partial charge in [0.2, 0.25) is 0 Å². The number of nitrogens with zero attached hydrogens (tertiary/aromatic N) is 3. The first-order valence-corrected chi connectivity index (χ1v) is 15.3. The molecule has 0 aliphatic rings. The van der Waals surface area contributed by atoms with Gasteiger partial charge < -0.3 is 4.90 Å². The van der Waals surface area contributed by atoms with Crippen LogP contribution in [-0.4, -0.2) is 70.8 Å². The second-order valence-corrected chi connectivity index (χ2v) is 13.1. The van der Waals surface area contributed by atoms with Crippen LogP contribution in [0.3, 0.4) is 0 Å². The van der Waals surface area contributed by atoms with Crippen LogP contribution in [0.5, 0.6) is 0 Å². The highest BCUT2D eigenvalue weighted by molar-refractivity contribution is 7.91. The maximum atomic E-state index is 13.5. The van der Waals surface area contributed by atoms with Gasteiger partial charge in [0, 0.05) is 24.9 Å². The quantitative estimate of drug-likeness (QED) is 0.401. The van der Waals surface area contributed by atoms with Crippen molar-refractivity contribution in [1.29, 1.82) is 0 Å². The summed E-state index contributed by atoms with van der Waals surface area (Å²) in [5.74, 6) is -0.313. The predicted molar refractivity (Wildman–Crippen MR) is 136 cm³/mol. The molecule has 34 heavy (non-hydrogen) atoms. The molecule has 0 unspecified atom stereocenters. The van der Waals surface area contributed by atoms with Crippen molar-refractivity contribution in [1.82, 2.24) is 9.88 Å². The van der Waals surface area contributed by atoms with Crippen molar-refractivity contribution >= 4 is 52.3 Å². The summed E-state index contributed by atoms with van der Waals surface area (Å²) in [6.45, 7) is 8.35. The number of hydrogen-bond acceptors (Lipinski definition) is 8. The van der Waals surface area contributed by atoms with E-state index in [1.807, 2.05) is 13.8 Å². The average Bonchev–Trinajstić information content (AvgIpc) is 3.24. The molecule has 1 amide bonds. The highest BCUT2D eigenvalue weighted by atomic mass is 32.2. The van der Waals surface area contributed by atoms with Gasteiger partial charge in [-0.3, -0.25) is 9.69 Å². The standard InChI is InChI=1S/C23H29N3O5S3/c1-5-25(6-2)14-15-26(22(27)17-8-10-18(11-9-17)34(30,31)7-3)23-24-20-13-12-19(33(4,28)29)16-21(20)32-23/h8-13,16H,5-7,14-15H2,1-4H3. The number of sulfone groups is 2. The number of hydrogen-bond donors (Lipinski definition) is 0. The van der Waals surface area contributed by atoms with E-state index in [0.29, 0.717) is 34.0 Å². The van der Waals surface area contributed by atoms with Crippen molar-refractivity contribution < 1.29 is 21.6 Å². The Morgan fingerprint density at radius 1 is 0.912 bits per heavy atom. The fourth-order valence-electron chi connectivity index (χ4n) is 3.43. The normalized spacial score (nSPS) is 12.4. The fraction of sp³-hybridized carbons (Fsp3) is 0.391. The van der Waals surface area contributed by atoms with E-state index in [9.17, 15) is 21.6 Å². The molecule has 1 heterocycles. The number of amides is 1. The summed E-state index contributed by atoms with van der Waals surface area (Å²) in [6.07, 6.45) is 1.15. The summed E-state index contributed by atoms with van der Waals surface area (Å²) in [5.41, 5.74) is 0.961. The van der Waals surface area contributed by atoms with E-state index in [1.54, 1.807) is 24.0 Å². The maximum absolute atomic E-state index is 13.5. The summed E-state index contributed by atoms with van der Waals surface area (Å²) >= 11 is 1.25. The molecule has 0 spiro atoms. The molecule has 0 saturated heterocycles. The summed E-state index contributed by atoms with van der Waals surface area (Å²) < 4.78 is 48.8. The molecule has 0 atom stereocenters. The number of carbonyl (C=O) groups excluding carboxylic acids is 1. The molecule has 0 radical (unpaired) electrons. The Labute approximate surface area is 205 Å². The van der Waals surface area contributed by atoms with Gasteiger partial charge in [0.1, 0.15) is 0 Å². The number of anilines is 1. The minimum Gasteiger partial charge on any atom is -0.302 e. The van der Waals surface area contributed by atoms with E-state index in [4.69, 9.17) is 0 Å². The Morgan fingerprint density at radius 2 is 1.53 bits per heavy atom. The molecule has 0 fully saturated rings. The lowest BCUT2D eigenvalue weighted by Gasteiger charge is -2.24. The van der Waals surface area contributed by atoms with Crippen molar-refractivity contribution in [3.05, 3.63) is 48.0 Å². The molecule has 0 saturated carbocycles. The molecule has 8 nitrogen and oxygen atoms in total. The molecule has 11 heteroatoms. The Kier molecular flexibility index (Phi) is 8.12. The van der Waals surface area contributed by atoms with Crippen LogP contribution in [0.25, 0.3) is 10.2 Å². The van der Waals surface area contributed by atoms with Crippen LogP contribution in [0, 0.1) is 0 Å². The van der Waals surface area contributed by atoms with Crippen molar-refractivity contribution in [3.8, 4) is 0 Å². The van der Waals surface area contributed by atoms with E-state index in [-0.39, 0.29) is 21.5 Å². The number of likely N-dealkylation sites (N-methyl/N-ethyl adjacent to an activating group) is 1. The van der Waals surface area contributed by atoms with Gasteiger partial charge in [-0.1, -0.05) is 32.1 Å². The Morgan fingerprint density at radius 3 is 2.09 bits per heavy atom. The Balaban J connectivity index is 2.00. The third-order valence-electron chi connectivity index (χ3n) is 5.63. The van der Waals surface area contributed by atoms with Crippen LogP contribution in [0.15, 0.2) is 52.3 Å². The van der Waals surface area contributed by atoms with Gasteiger partial charge >= 0.3 is 0 Å². The first-order chi connectivity index (χ1) is 16.0. The topological polar surface area (TPSA) is 105 Å². The van der Waals surface area contributed by atoms with Crippen LogP contribution in [0.4, 0.5) is 5.13 Å². The highest BCUT2D eigenvalue weighted by Gasteiger charge is 2.23. The summed E-state index contributed by atoms with van der Waals surface area (Å²) in [6, 6.07) is 10.7. The van der Waals surface area contributed by atoms with Crippen molar-refractivity contribution in [2.75, 3.05) is 43.1 Å². The number of benzene rings is 2. The smallest absolute Gasteiger partial charge is 0.260 e. The van der Waals surface area contributed by atoms with Gasteiger partial charge in [-0.05, 0) is 55.6 Å². The second-order valence-electron chi connectivity index (χ2n) is 7.81. The SMILES string of the molecule is CCN(CC)CCN(C(=O)c1ccc(S(=O)(=O)CC)cc1)c1nc2ccc(S(C)(=O)=O)cc2s1. The third-order valence-corrected chi connectivity index (χ3v) is 9.53. The molecule has 1 aromatic heterocycles. The Hall–Kier alpha value is -2.34. The summed E-state index contributed by atoms with van der Waals surface area (Å²) in [4.78, 5) is 22.2. The van der Waals surface area contributed by atoms with Crippen LogP contribution in [0.2, 0.25) is 0 Å². The van der Waals surface area contributed by atoms with Crippen molar-refractivity contribution in [2.45, 2.75) is 30.6 Å². The minimum atomic E-state index is -3.37. The van der Waals surface area contributed by atoms with Gasteiger partial charge in [-0.15, -0.1) is 0 Å². The van der Waals surface area contributed by atoms with Gasteiger partial charge in [0.05, 0.1) is 25.8 Å². The van der Waals surface area contributed by atoms with E-state index in [1.165, 1.54) is 41.7 Å².